The molecule has 27 heavy (non-hydrogen) atoms. The lowest BCUT2D eigenvalue weighted by Gasteiger charge is -2.27. The fourth-order valence-corrected chi connectivity index (χ4v) is 3.35. The molecule has 0 saturated carbocycles. The van der Waals surface area contributed by atoms with Gasteiger partial charge >= 0.3 is 0 Å². The second kappa shape index (κ2) is 7.41. The predicted octanol–water partition coefficient (Wildman–Crippen LogP) is 2.13. The molecule has 0 amide bonds. The third-order valence-electron chi connectivity index (χ3n) is 4.62. The monoisotopic (exact) mass is 368 g/mol. The molecule has 1 aliphatic rings. The summed E-state index contributed by atoms with van der Waals surface area (Å²) < 4.78 is 5.44. The molecule has 1 aromatic carbocycles. The molecule has 0 radical (unpaired) electrons. The number of hydrogen-bond acceptors (Lipinski definition) is 9. The van der Waals surface area contributed by atoms with Gasteiger partial charge < -0.3 is 20.1 Å². The van der Waals surface area contributed by atoms with Crippen molar-refractivity contribution in [3.8, 4) is 11.4 Å². The van der Waals surface area contributed by atoms with Gasteiger partial charge in [0.15, 0.2) is 0 Å². The van der Waals surface area contributed by atoms with Crippen LogP contribution in [0.5, 0.6) is 0 Å². The lowest BCUT2D eigenvalue weighted by molar-refractivity contribution is 0.169. The molecular weight excluding hydrogens is 350 g/mol. The van der Waals surface area contributed by atoms with Crippen molar-refractivity contribution in [3.05, 3.63) is 65.5 Å². The van der Waals surface area contributed by atoms with E-state index in [1.807, 2.05) is 4.90 Å². The SMILES string of the molecule is [O-]N(O)c1ccccc1CN1CC(O)CC1c1nc(-c2ccncc2)no1. The highest BCUT2D eigenvalue weighted by atomic mass is 16.8. The van der Waals surface area contributed by atoms with E-state index in [1.54, 1.807) is 42.7 Å². The van der Waals surface area contributed by atoms with Crippen molar-refractivity contribution in [1.29, 1.82) is 0 Å². The van der Waals surface area contributed by atoms with E-state index in [4.69, 9.17) is 4.52 Å². The third kappa shape index (κ3) is 3.67. The van der Waals surface area contributed by atoms with Gasteiger partial charge in [0.05, 0.1) is 17.8 Å². The van der Waals surface area contributed by atoms with Crippen LogP contribution >= 0.6 is 0 Å². The predicted molar refractivity (Wildman–Crippen MR) is 95.4 cm³/mol. The smallest absolute Gasteiger partial charge is 0.244 e. The van der Waals surface area contributed by atoms with E-state index in [2.05, 4.69) is 15.1 Å². The Morgan fingerprint density at radius 2 is 2.00 bits per heavy atom. The fraction of sp³-hybridized carbons (Fsp3) is 0.278. The van der Waals surface area contributed by atoms with Crippen molar-refractivity contribution < 1.29 is 14.8 Å². The molecule has 2 atom stereocenters. The molecule has 4 rings (SSSR count). The van der Waals surface area contributed by atoms with E-state index in [-0.39, 0.29) is 17.0 Å². The Hall–Kier alpha value is -2.85. The first kappa shape index (κ1) is 17.6. The van der Waals surface area contributed by atoms with Gasteiger partial charge in [-0.05, 0) is 30.2 Å². The van der Waals surface area contributed by atoms with Crippen molar-refractivity contribution in [1.82, 2.24) is 20.0 Å². The maximum absolute atomic E-state index is 11.4. The van der Waals surface area contributed by atoms with E-state index < -0.39 is 6.10 Å². The first-order valence-electron chi connectivity index (χ1n) is 8.52. The van der Waals surface area contributed by atoms with Crippen LogP contribution in [0.15, 0.2) is 53.3 Å². The van der Waals surface area contributed by atoms with Gasteiger partial charge in [0.1, 0.15) is 0 Å². The van der Waals surface area contributed by atoms with Crippen LogP contribution in [-0.2, 0) is 6.54 Å². The van der Waals surface area contributed by atoms with Gasteiger partial charge in [-0.15, -0.1) is 0 Å². The summed E-state index contributed by atoms with van der Waals surface area (Å²) >= 11 is 0. The highest BCUT2D eigenvalue weighted by Crippen LogP contribution is 2.34. The Morgan fingerprint density at radius 1 is 1.22 bits per heavy atom. The topological polar surface area (TPSA) is 122 Å². The zero-order valence-corrected chi connectivity index (χ0v) is 14.3. The zero-order chi connectivity index (χ0) is 18.8. The first-order chi connectivity index (χ1) is 13.1. The zero-order valence-electron chi connectivity index (χ0n) is 14.3. The maximum Gasteiger partial charge on any atom is 0.244 e. The minimum absolute atomic E-state index is 0.148. The molecule has 1 fully saturated rings. The van der Waals surface area contributed by atoms with Crippen molar-refractivity contribution >= 4 is 5.69 Å². The number of para-hydroxylation sites is 1. The van der Waals surface area contributed by atoms with E-state index >= 15 is 0 Å². The van der Waals surface area contributed by atoms with Crippen molar-refractivity contribution in [2.24, 2.45) is 0 Å². The number of anilines is 1. The van der Waals surface area contributed by atoms with Gasteiger partial charge in [-0.25, -0.2) is 0 Å². The quantitative estimate of drug-likeness (QED) is 0.652. The second-order valence-electron chi connectivity index (χ2n) is 6.43. The van der Waals surface area contributed by atoms with Crippen LogP contribution in [0.3, 0.4) is 0 Å². The van der Waals surface area contributed by atoms with Crippen LogP contribution in [0.4, 0.5) is 5.69 Å². The normalized spacial score (nSPS) is 20.1. The van der Waals surface area contributed by atoms with Gasteiger partial charge in [0.25, 0.3) is 0 Å². The number of likely N-dealkylation sites (tertiary alicyclic amines) is 1. The lowest BCUT2D eigenvalue weighted by atomic mass is 10.1. The number of β-amino-alcohol motifs (C(OH)–C–C–N with tert-alkyl or cyclic N) is 1. The van der Waals surface area contributed by atoms with Crippen LogP contribution in [0.2, 0.25) is 0 Å². The molecular formula is C18H18N5O4-. The van der Waals surface area contributed by atoms with Gasteiger partial charge in [0, 0.05) is 31.0 Å². The Balaban J connectivity index is 1.58. The standard InChI is InChI=1S/C18H18N5O4/c24-14-9-16(18-20-17(21-27-18)12-5-7-19-8-6-12)22(11-14)10-13-3-1-2-4-15(13)23(25)26/h1-8,14,16,24-25H,9-11H2/q-1. The van der Waals surface area contributed by atoms with Crippen molar-refractivity contribution in [2.45, 2.75) is 25.1 Å². The Kier molecular flexibility index (Phi) is 4.82. The molecule has 9 heteroatoms. The van der Waals surface area contributed by atoms with Crippen LogP contribution < -0.4 is 5.23 Å². The second-order valence-corrected chi connectivity index (χ2v) is 6.43. The van der Waals surface area contributed by atoms with Crippen molar-refractivity contribution in [3.63, 3.8) is 0 Å². The third-order valence-corrected chi connectivity index (χ3v) is 4.62. The Labute approximate surface area is 155 Å². The molecule has 2 unspecified atom stereocenters. The highest BCUT2D eigenvalue weighted by molar-refractivity contribution is 5.53. The molecule has 0 bridgehead atoms. The number of nitrogens with zero attached hydrogens (tertiary/aromatic N) is 5. The molecule has 140 valence electrons. The largest absolute Gasteiger partial charge is 0.733 e. The lowest BCUT2D eigenvalue weighted by Crippen LogP contribution is -2.25. The molecule has 0 spiro atoms. The van der Waals surface area contributed by atoms with Crippen molar-refractivity contribution in [2.75, 3.05) is 11.8 Å². The highest BCUT2D eigenvalue weighted by Gasteiger charge is 2.36. The average molecular weight is 368 g/mol. The van der Waals surface area contributed by atoms with Gasteiger partial charge in [-0.1, -0.05) is 23.4 Å². The van der Waals surface area contributed by atoms with E-state index in [1.165, 1.54) is 6.07 Å². The summed E-state index contributed by atoms with van der Waals surface area (Å²) in [7, 11) is 0. The van der Waals surface area contributed by atoms with E-state index in [0.29, 0.717) is 36.8 Å². The number of aliphatic hydroxyl groups excluding tert-OH is 1. The molecule has 1 aliphatic heterocycles. The van der Waals surface area contributed by atoms with Crippen LogP contribution in [-0.4, -0.2) is 43.0 Å². The number of pyridine rings is 1. The van der Waals surface area contributed by atoms with Gasteiger partial charge in [0.2, 0.25) is 11.7 Å². The molecule has 0 aliphatic carbocycles. The summed E-state index contributed by atoms with van der Waals surface area (Å²) in [6, 6.07) is 10.1. The molecule has 3 aromatic rings. The summed E-state index contributed by atoms with van der Waals surface area (Å²) in [5, 5.41) is 34.7. The minimum Gasteiger partial charge on any atom is -0.733 e. The number of aliphatic hydroxyl groups is 1. The Bertz CT molecular complexity index is 902. The molecule has 1 saturated heterocycles. The van der Waals surface area contributed by atoms with Crippen LogP contribution in [0.1, 0.15) is 23.9 Å². The molecule has 3 heterocycles. The van der Waals surface area contributed by atoms with E-state index in [9.17, 15) is 15.5 Å². The molecule has 9 nitrogen and oxygen atoms in total. The summed E-state index contributed by atoms with van der Waals surface area (Å²) in [6.45, 7) is 0.750. The molecule has 2 aromatic heterocycles. The van der Waals surface area contributed by atoms with Crippen LogP contribution in [0.25, 0.3) is 11.4 Å². The minimum atomic E-state index is -0.545. The molecule has 2 N–H and O–H groups in total. The number of aromatic nitrogens is 3. The van der Waals surface area contributed by atoms with Crippen LogP contribution in [0, 0.1) is 5.21 Å². The summed E-state index contributed by atoms with van der Waals surface area (Å²) in [5.41, 5.74) is 1.60. The fourth-order valence-electron chi connectivity index (χ4n) is 3.35. The summed E-state index contributed by atoms with van der Waals surface area (Å²) in [6.07, 6.45) is 3.20. The first-order valence-corrected chi connectivity index (χ1v) is 8.52. The number of hydrogen-bond donors (Lipinski definition) is 2. The van der Waals surface area contributed by atoms with Gasteiger partial charge in [-0.2, -0.15) is 4.98 Å². The maximum atomic E-state index is 11.4. The summed E-state index contributed by atoms with van der Waals surface area (Å²) in [5.74, 6) is 0.856. The summed E-state index contributed by atoms with van der Waals surface area (Å²) in [4.78, 5) is 10.4. The average Bonchev–Trinajstić information content (AvgIpc) is 3.29. The van der Waals surface area contributed by atoms with E-state index in [0.717, 1.165) is 5.56 Å². The number of rotatable bonds is 5. The Morgan fingerprint density at radius 3 is 2.78 bits per heavy atom. The number of benzene rings is 1. The van der Waals surface area contributed by atoms with Gasteiger partial charge in [-0.3, -0.25) is 15.1 Å².